The predicted molar refractivity (Wildman–Crippen MR) is 263 cm³/mol. The lowest BCUT2D eigenvalue weighted by Gasteiger charge is -2.58. The first-order valence-electron chi connectivity index (χ1n) is 24.5. The molecule has 360 valence electrons. The van der Waals surface area contributed by atoms with E-state index in [-0.39, 0.29) is 28.3 Å². The topological polar surface area (TPSA) is 186 Å². The number of aromatic nitrogens is 2. The first kappa shape index (κ1) is 46.2. The highest BCUT2D eigenvalue weighted by atomic mass is 32.2. The van der Waals surface area contributed by atoms with Gasteiger partial charge < -0.3 is 25.0 Å². The molecule has 1 atom stereocenters. The van der Waals surface area contributed by atoms with Crippen molar-refractivity contribution >= 4 is 44.0 Å². The highest BCUT2D eigenvalue weighted by molar-refractivity contribution is 7.90. The summed E-state index contributed by atoms with van der Waals surface area (Å²) in [4.78, 5) is 40.6. The number of hydrogen-bond donors (Lipinski definition) is 4. The molecule has 2 aromatic heterocycles. The van der Waals surface area contributed by atoms with E-state index in [0.717, 1.165) is 81.6 Å². The molecule has 0 bridgehead atoms. The predicted octanol–water partition coefficient (Wildman–Crippen LogP) is 9.13. The number of piperidine rings is 1. The van der Waals surface area contributed by atoms with Crippen molar-refractivity contribution in [2.75, 3.05) is 49.5 Å². The van der Waals surface area contributed by atoms with Crippen LogP contribution in [0.3, 0.4) is 0 Å². The van der Waals surface area contributed by atoms with E-state index in [4.69, 9.17) is 4.74 Å². The molecule has 5 fully saturated rings. The number of benzene rings is 3. The molecule has 3 saturated carbocycles. The summed E-state index contributed by atoms with van der Waals surface area (Å²) in [5, 5.41) is 26.4. The lowest BCUT2D eigenvalue weighted by atomic mass is 9.59. The van der Waals surface area contributed by atoms with Gasteiger partial charge in [-0.3, -0.25) is 24.7 Å². The van der Waals surface area contributed by atoms with Crippen LogP contribution in [0.5, 0.6) is 11.5 Å². The third-order valence-corrected chi connectivity index (χ3v) is 17.1. The Balaban J connectivity index is 0.836. The minimum atomic E-state index is -4.57. The van der Waals surface area contributed by atoms with Crippen LogP contribution in [0.1, 0.15) is 118 Å². The largest absolute Gasteiger partial charge is 0.455 e. The number of fused-ring (bicyclic) bond motifs is 1. The van der Waals surface area contributed by atoms with Crippen LogP contribution in [0.4, 0.5) is 17.1 Å². The Hall–Kier alpha value is -5.55. The summed E-state index contributed by atoms with van der Waals surface area (Å²) in [6, 6.07) is 23.2. The summed E-state index contributed by atoms with van der Waals surface area (Å²) in [5.74, 6) is 0.264. The highest BCUT2D eigenvalue weighted by Gasteiger charge is 2.51. The smallest absolute Gasteiger partial charge is 0.293 e. The van der Waals surface area contributed by atoms with Crippen LogP contribution >= 0.6 is 0 Å². The number of ether oxygens (including phenoxy) is 1. The molecule has 3 aliphatic carbocycles. The van der Waals surface area contributed by atoms with E-state index in [2.05, 4.69) is 72.8 Å². The van der Waals surface area contributed by atoms with E-state index in [1.807, 2.05) is 19.1 Å². The maximum Gasteiger partial charge on any atom is 0.293 e. The monoisotopic (exact) mass is 944 g/mol. The summed E-state index contributed by atoms with van der Waals surface area (Å²) in [6.45, 7) is 11.9. The molecule has 16 heteroatoms. The van der Waals surface area contributed by atoms with Gasteiger partial charge in [-0.25, -0.2) is 18.1 Å². The number of sulfonamides is 1. The van der Waals surface area contributed by atoms with Crippen LogP contribution < -0.4 is 19.7 Å². The number of carbonyl (C=O) groups is 1. The van der Waals surface area contributed by atoms with Crippen molar-refractivity contribution in [3.8, 4) is 11.5 Å². The zero-order valence-electron chi connectivity index (χ0n) is 39.3. The van der Waals surface area contributed by atoms with Crippen molar-refractivity contribution in [3.63, 3.8) is 0 Å². The summed E-state index contributed by atoms with van der Waals surface area (Å²) in [6.07, 6.45) is 13.3. The van der Waals surface area contributed by atoms with Crippen molar-refractivity contribution in [3.05, 3.63) is 112 Å². The van der Waals surface area contributed by atoms with Gasteiger partial charge in [-0.05, 0) is 136 Å². The van der Waals surface area contributed by atoms with Crippen LogP contribution in [0.25, 0.3) is 11.0 Å². The Bertz CT molecular complexity index is 2780. The Morgan fingerprint density at radius 3 is 2.46 bits per heavy atom. The molecule has 1 spiro atoms. The molecule has 68 heavy (non-hydrogen) atoms. The van der Waals surface area contributed by atoms with Gasteiger partial charge in [-0.2, -0.15) is 0 Å². The van der Waals surface area contributed by atoms with E-state index >= 15 is 0 Å². The molecular formula is C52H64N8O7S. The molecule has 2 saturated heterocycles. The van der Waals surface area contributed by atoms with Gasteiger partial charge >= 0.3 is 0 Å². The molecule has 5 aliphatic rings. The maximum absolute atomic E-state index is 14.0. The van der Waals surface area contributed by atoms with Crippen molar-refractivity contribution in [1.29, 1.82) is 0 Å². The first-order chi connectivity index (χ1) is 32.6. The Morgan fingerprint density at radius 2 is 1.72 bits per heavy atom. The Kier molecular flexibility index (Phi) is 12.5. The van der Waals surface area contributed by atoms with Gasteiger partial charge in [0.1, 0.15) is 22.8 Å². The van der Waals surface area contributed by atoms with E-state index in [0.29, 0.717) is 48.8 Å². The highest BCUT2D eigenvalue weighted by Crippen LogP contribution is 2.54. The summed E-state index contributed by atoms with van der Waals surface area (Å²) >= 11 is 0. The van der Waals surface area contributed by atoms with E-state index < -0.39 is 37.0 Å². The number of nitrogens with one attached hydrogen (secondary N) is 3. The number of nitrogens with zero attached hydrogens (tertiary/aromatic N) is 5. The molecule has 4 heterocycles. The van der Waals surface area contributed by atoms with E-state index in [9.17, 15) is 28.4 Å². The van der Waals surface area contributed by atoms with Crippen LogP contribution in [0, 0.1) is 21.4 Å². The maximum atomic E-state index is 14.0. The van der Waals surface area contributed by atoms with Crippen LogP contribution in [0.2, 0.25) is 0 Å². The van der Waals surface area contributed by atoms with Crippen LogP contribution in [-0.2, 0) is 10.0 Å². The molecule has 3 aromatic carbocycles. The summed E-state index contributed by atoms with van der Waals surface area (Å²) < 4.78 is 36.1. The normalized spacial score (nSPS) is 23.7. The standard InChI is InChI=1S/C52H64N8O7S/c1-34(2)42-6-4-5-7-43(42)47-33-58(37-8-9-37)24-25-59(47)39-29-52(30-39)19-22-57(23-20-52)38-10-12-44(48(27-38)67-40-26-36-16-21-53-49(36)55-32-40)50(61)56-68(65,66)41-11-13-45(46(28-41)60(63)64)54-31-35-14-17-51(3,62)18-15-35/h4-7,10-13,16,21,26-28,32,34-35,37,39,47,54,62H,8-9,14-15,17-20,22-25,29-31,33H2,1-3H3,(H,53,55)(H,56,61)/t35-,47-,51-/m0/s1. The third kappa shape index (κ3) is 9.69. The fourth-order valence-corrected chi connectivity index (χ4v) is 12.5. The first-order valence-corrected chi connectivity index (χ1v) is 26.0. The lowest BCUT2D eigenvalue weighted by Crippen LogP contribution is -2.60. The van der Waals surface area contributed by atoms with Gasteiger partial charge in [0.15, 0.2) is 0 Å². The quantitative estimate of drug-likeness (QED) is 0.0612. The van der Waals surface area contributed by atoms with Crippen molar-refractivity contribution in [1.82, 2.24) is 24.5 Å². The number of H-pyrrole nitrogens is 1. The molecule has 5 aromatic rings. The fraction of sp³-hybridized carbons (Fsp3) is 0.500. The Morgan fingerprint density at radius 1 is 0.956 bits per heavy atom. The second-order valence-corrected chi connectivity index (χ2v) is 22.6. The fourth-order valence-electron chi connectivity index (χ4n) is 11.5. The average molecular weight is 945 g/mol. The van der Waals surface area contributed by atoms with E-state index in [1.165, 1.54) is 48.9 Å². The molecule has 0 unspecified atom stereocenters. The van der Waals surface area contributed by atoms with Crippen molar-refractivity contribution in [2.24, 2.45) is 11.3 Å². The minimum Gasteiger partial charge on any atom is -0.455 e. The lowest BCUT2D eigenvalue weighted by molar-refractivity contribution is -0.384. The number of aromatic amines is 1. The minimum absolute atomic E-state index is 0.0172. The zero-order valence-corrected chi connectivity index (χ0v) is 40.1. The van der Waals surface area contributed by atoms with Crippen molar-refractivity contribution in [2.45, 2.75) is 120 Å². The molecule has 0 radical (unpaired) electrons. The number of piperazine rings is 1. The molecule has 4 N–H and O–H groups in total. The number of hydrogen-bond acceptors (Lipinski definition) is 12. The number of rotatable bonds is 14. The number of nitro groups is 1. The number of aliphatic hydroxyl groups is 1. The second-order valence-electron chi connectivity index (χ2n) is 20.9. The number of amides is 1. The van der Waals surface area contributed by atoms with Gasteiger partial charge in [0.05, 0.1) is 27.2 Å². The summed E-state index contributed by atoms with van der Waals surface area (Å²) in [7, 11) is -4.57. The third-order valence-electron chi connectivity index (χ3n) is 15.8. The van der Waals surface area contributed by atoms with Crippen molar-refractivity contribution < 1.29 is 28.0 Å². The summed E-state index contributed by atoms with van der Waals surface area (Å²) in [5.41, 5.74) is 3.80. The van der Waals surface area contributed by atoms with Gasteiger partial charge in [0, 0.05) is 86.8 Å². The molecule has 10 rings (SSSR count). The zero-order chi connectivity index (χ0) is 47.4. The molecule has 15 nitrogen and oxygen atoms in total. The van der Waals surface area contributed by atoms with Gasteiger partial charge in [0.2, 0.25) is 0 Å². The average Bonchev–Trinajstić information content (AvgIpc) is 4.07. The van der Waals surface area contributed by atoms with Crippen LogP contribution in [-0.4, -0.2) is 101 Å². The molecular weight excluding hydrogens is 881 g/mol. The van der Waals surface area contributed by atoms with Gasteiger partial charge in [0.25, 0.3) is 21.6 Å². The number of anilines is 2. The van der Waals surface area contributed by atoms with Crippen LogP contribution in [0.15, 0.2) is 90.1 Å². The second kappa shape index (κ2) is 18.4. The van der Waals surface area contributed by atoms with Gasteiger partial charge in [-0.1, -0.05) is 38.1 Å². The van der Waals surface area contributed by atoms with E-state index in [1.54, 1.807) is 30.6 Å². The number of carbonyl (C=O) groups excluding carboxylic acids is 1. The number of pyridine rings is 1. The SMILES string of the molecule is CC(C)c1ccccc1[C@@H]1CN(C2CC2)CCN1C1CC2(CCN(c3ccc(C(=O)NS(=O)(=O)c4ccc(NC[C@H]5CC[C@](C)(O)CC5)c([N+](=O)[O-])c4)c(Oc4cnc5[nH]ccc5c4)c3)CC2)C1. The molecule has 1 amide bonds. The Labute approximate surface area is 398 Å². The van der Waals surface area contributed by atoms with Gasteiger partial charge in [-0.15, -0.1) is 0 Å². The number of nitro benzene ring substituents is 1. The molecule has 2 aliphatic heterocycles.